The summed E-state index contributed by atoms with van der Waals surface area (Å²) >= 11 is 19.4. The van der Waals surface area contributed by atoms with E-state index in [0.29, 0.717) is 0 Å². The van der Waals surface area contributed by atoms with Crippen LogP contribution in [0.5, 0.6) is 0 Å². The molecule has 0 unspecified atom stereocenters. The summed E-state index contributed by atoms with van der Waals surface area (Å²) in [6.45, 7) is 2.17. The largest absolute Gasteiger partial charge is 0.116 e. The molecule has 3 aromatic rings. The van der Waals surface area contributed by atoms with Gasteiger partial charge in [0.1, 0.15) is 0 Å². The van der Waals surface area contributed by atoms with Crippen molar-refractivity contribution in [1.82, 2.24) is 0 Å². The predicted octanol–water partition coefficient (Wildman–Crippen LogP) is 13.8. The zero-order chi connectivity index (χ0) is 28.8. The van der Waals surface area contributed by atoms with Gasteiger partial charge in [0.25, 0.3) is 0 Å². The molecule has 0 spiro atoms. The molecule has 0 saturated heterocycles. The first-order chi connectivity index (χ1) is 21.1. The molecule has 0 aromatic heterocycles. The molecule has 0 nitrogen and oxygen atoms in total. The summed E-state index contributed by atoms with van der Waals surface area (Å²) < 4.78 is 8.42. The van der Waals surface area contributed by atoms with Crippen molar-refractivity contribution in [2.45, 2.75) is 26.5 Å². The molecule has 0 bridgehead atoms. The third-order valence-electron chi connectivity index (χ3n) is 6.63. The van der Waals surface area contributed by atoms with Gasteiger partial charge >= 0.3 is 0 Å². The highest BCUT2D eigenvalue weighted by molar-refractivity contribution is 8.41. The molecular weight excluding hydrogens is 717 g/mol. The van der Waals surface area contributed by atoms with Gasteiger partial charge in [0.05, 0.1) is 25.4 Å². The highest BCUT2D eigenvalue weighted by Gasteiger charge is 2.29. The number of rotatable bonds is 4. The lowest BCUT2D eigenvalue weighted by Crippen LogP contribution is -1.88. The Hall–Kier alpha value is -0.400. The smallest absolute Gasteiger partial charge is 0.0660 e. The second-order valence-electron chi connectivity index (χ2n) is 9.67. The van der Waals surface area contributed by atoms with Gasteiger partial charge in [-0.2, -0.15) is 0 Å². The van der Waals surface area contributed by atoms with Gasteiger partial charge in [0.2, 0.25) is 0 Å². The van der Waals surface area contributed by atoms with Gasteiger partial charge < -0.3 is 0 Å². The molecule has 214 valence electrons. The highest BCUT2D eigenvalue weighted by atomic mass is 32.3. The van der Waals surface area contributed by atoms with Gasteiger partial charge in [-0.3, -0.25) is 0 Å². The van der Waals surface area contributed by atoms with E-state index >= 15 is 0 Å². The molecule has 0 fully saturated rings. The van der Waals surface area contributed by atoms with E-state index in [1.165, 1.54) is 83.0 Å². The van der Waals surface area contributed by atoms with Crippen LogP contribution in [0.3, 0.4) is 0 Å². The Morgan fingerprint density at radius 3 is 1.47 bits per heavy atom. The first-order valence-electron chi connectivity index (χ1n) is 13.5. The molecule has 8 rings (SSSR count). The fourth-order valence-corrected chi connectivity index (χ4v) is 18.1. The molecule has 0 atom stereocenters. The maximum atomic E-state index is 2.46. The maximum Gasteiger partial charge on any atom is 0.0660 e. The second-order valence-corrected chi connectivity index (χ2v) is 22.0. The molecule has 0 N–H and O–H groups in total. The van der Waals surface area contributed by atoms with Crippen LogP contribution in [0.15, 0.2) is 146 Å². The van der Waals surface area contributed by atoms with E-state index in [1.54, 1.807) is 0 Å². The van der Waals surface area contributed by atoms with Crippen LogP contribution < -0.4 is 0 Å². The molecule has 0 radical (unpaired) electrons. The summed E-state index contributed by atoms with van der Waals surface area (Å²) in [7, 11) is 0. The summed E-state index contributed by atoms with van der Waals surface area (Å²) in [5.74, 6) is 2.42. The third kappa shape index (κ3) is 6.71. The summed E-state index contributed by atoms with van der Waals surface area (Å²) in [4.78, 5) is 8.11. The van der Waals surface area contributed by atoms with E-state index in [-0.39, 0.29) is 0 Å². The highest BCUT2D eigenvalue weighted by Crippen LogP contribution is 2.62. The van der Waals surface area contributed by atoms with Crippen LogP contribution in [0.2, 0.25) is 0 Å². The molecule has 3 aromatic carbocycles. The minimum atomic E-state index is 1.21. The number of hydrogen-bond donors (Lipinski definition) is 0. The van der Waals surface area contributed by atoms with Crippen molar-refractivity contribution < 1.29 is 0 Å². The molecule has 43 heavy (non-hydrogen) atoms. The van der Waals surface area contributed by atoms with Crippen molar-refractivity contribution in [2.75, 3.05) is 11.5 Å². The molecule has 5 aliphatic rings. The summed E-state index contributed by atoms with van der Waals surface area (Å²) in [6.07, 6.45) is 7.31. The molecule has 0 aliphatic carbocycles. The normalized spacial score (nSPS) is 19.2. The number of hydrogen-bond acceptors (Lipinski definition) is 10. The number of fused-ring (bicyclic) bond motifs is 2. The fraction of sp³-hybridized carbons (Fsp3) is 0.0909. The van der Waals surface area contributed by atoms with Crippen LogP contribution >= 0.6 is 118 Å². The molecule has 0 saturated carbocycles. The van der Waals surface area contributed by atoms with Gasteiger partial charge in [-0.1, -0.05) is 148 Å². The van der Waals surface area contributed by atoms with Crippen molar-refractivity contribution in [3.8, 4) is 0 Å². The van der Waals surface area contributed by atoms with Crippen LogP contribution in [0.4, 0.5) is 0 Å². The topological polar surface area (TPSA) is 0 Å². The Balaban J connectivity index is 1.18. The summed E-state index contributed by atoms with van der Waals surface area (Å²) in [5, 5.41) is 0. The van der Waals surface area contributed by atoms with Crippen molar-refractivity contribution in [2.24, 2.45) is 0 Å². The number of benzene rings is 3. The Kier molecular flexibility index (Phi) is 9.32. The Morgan fingerprint density at radius 1 is 0.535 bits per heavy atom. The lowest BCUT2D eigenvalue weighted by molar-refractivity contribution is 1.27. The molecule has 10 heteroatoms. The maximum absolute atomic E-state index is 2.46. The minimum absolute atomic E-state index is 1.21. The molecular formula is C33H22S10. The first kappa shape index (κ1) is 30.0. The minimum Gasteiger partial charge on any atom is -0.116 e. The van der Waals surface area contributed by atoms with Crippen molar-refractivity contribution in [3.05, 3.63) is 137 Å². The van der Waals surface area contributed by atoms with Gasteiger partial charge in [-0.15, -0.1) is 23.5 Å². The van der Waals surface area contributed by atoms with Crippen molar-refractivity contribution in [3.63, 3.8) is 0 Å². The average molecular weight is 739 g/mol. The van der Waals surface area contributed by atoms with E-state index in [4.69, 9.17) is 0 Å². The van der Waals surface area contributed by atoms with Crippen LogP contribution in [0.25, 0.3) is 5.57 Å². The monoisotopic (exact) mass is 738 g/mol. The molecule has 5 aliphatic heterocycles. The van der Waals surface area contributed by atoms with Crippen molar-refractivity contribution >= 4 is 123 Å². The quantitative estimate of drug-likeness (QED) is 0.253. The van der Waals surface area contributed by atoms with Gasteiger partial charge in [0.15, 0.2) is 0 Å². The van der Waals surface area contributed by atoms with Crippen LogP contribution in [-0.4, -0.2) is 11.5 Å². The molecule has 5 heterocycles. The average Bonchev–Trinajstić information content (AvgIpc) is 3.81. The van der Waals surface area contributed by atoms with Gasteiger partial charge in [-0.05, 0) is 55.0 Å². The Bertz CT molecular complexity index is 1670. The van der Waals surface area contributed by atoms with Gasteiger partial charge in [0, 0.05) is 46.5 Å². The van der Waals surface area contributed by atoms with Gasteiger partial charge in [-0.25, -0.2) is 0 Å². The van der Waals surface area contributed by atoms with E-state index in [9.17, 15) is 0 Å². The predicted molar refractivity (Wildman–Crippen MR) is 208 cm³/mol. The SMILES string of the molecule is Cc1ccc(C(C=C2SC3=C(SCCS3)S2)=C2SC(C=C3Sc4ccccc4S3)=C(C=C3Sc4ccccc4S3)S2)cc1. The zero-order valence-corrected chi connectivity index (χ0v) is 30.8. The Labute approximate surface area is 295 Å². The second kappa shape index (κ2) is 13.4. The van der Waals surface area contributed by atoms with Crippen LogP contribution in [0, 0.1) is 6.92 Å². The van der Waals surface area contributed by atoms with Crippen LogP contribution in [-0.2, 0) is 0 Å². The lowest BCUT2D eigenvalue weighted by atomic mass is 10.1. The molecule has 0 amide bonds. The van der Waals surface area contributed by atoms with Crippen LogP contribution in [0.1, 0.15) is 11.1 Å². The van der Waals surface area contributed by atoms with Crippen molar-refractivity contribution in [1.29, 1.82) is 0 Å². The summed E-state index contributed by atoms with van der Waals surface area (Å²) in [5.41, 5.74) is 3.91. The zero-order valence-electron chi connectivity index (χ0n) is 22.7. The summed E-state index contributed by atoms with van der Waals surface area (Å²) in [6, 6.07) is 26.6. The van der Waals surface area contributed by atoms with E-state index in [2.05, 4.69) is 97.9 Å². The standard InChI is InChI=1S/C33H22S10/c1-19-10-12-20(13-11-19)21(16-28-42-32-33(43-28)35-15-14-34-32)31-40-26(17-29-36-22-6-2-3-7-23(22)37-29)27(41-31)18-30-38-24-8-4-5-9-25(24)39-30/h2-13,16-18H,14-15H2,1H3. The fourth-order valence-electron chi connectivity index (χ4n) is 4.58. The Morgan fingerprint density at radius 2 is 1.00 bits per heavy atom. The first-order valence-corrected chi connectivity index (χ1v) is 22.0. The number of aryl methyl sites for hydroxylation is 1. The van der Waals surface area contributed by atoms with E-state index < -0.39 is 0 Å². The lowest BCUT2D eigenvalue weighted by Gasteiger charge is -2.09. The van der Waals surface area contributed by atoms with E-state index in [0.717, 1.165) is 0 Å². The number of thioether (sulfide) groups is 10. The van der Waals surface area contributed by atoms with E-state index in [1.807, 2.05) is 118 Å². The third-order valence-corrected chi connectivity index (χ3v) is 19.7. The number of allylic oxidation sites excluding steroid dienone is 4.